The quantitative estimate of drug-likeness (QED) is 0.693. The van der Waals surface area contributed by atoms with Crippen molar-refractivity contribution in [2.24, 2.45) is 5.73 Å². The summed E-state index contributed by atoms with van der Waals surface area (Å²) >= 11 is 0. The molecule has 1 heterocycles. The molecule has 0 bridgehead atoms. The second-order valence-corrected chi connectivity index (χ2v) is 4.64. The van der Waals surface area contributed by atoms with E-state index in [0.717, 1.165) is 22.2 Å². The van der Waals surface area contributed by atoms with Crippen molar-refractivity contribution in [3.63, 3.8) is 0 Å². The first kappa shape index (κ1) is 13.3. The number of benzene rings is 2. The SMILES string of the molecule is NCc1ccc2cc(C#Cc3ccccc3F)ccc2n1. The minimum absolute atomic E-state index is 0.306. The average molecular weight is 276 g/mol. The van der Waals surface area contributed by atoms with E-state index in [4.69, 9.17) is 5.73 Å². The molecular weight excluding hydrogens is 263 g/mol. The van der Waals surface area contributed by atoms with Crippen molar-refractivity contribution in [2.75, 3.05) is 0 Å². The van der Waals surface area contributed by atoms with Crippen LogP contribution in [-0.4, -0.2) is 4.98 Å². The summed E-state index contributed by atoms with van der Waals surface area (Å²) in [7, 11) is 0. The summed E-state index contributed by atoms with van der Waals surface area (Å²) in [5.74, 6) is 5.53. The van der Waals surface area contributed by atoms with Crippen LogP contribution in [0.4, 0.5) is 4.39 Å². The molecule has 1 aromatic heterocycles. The van der Waals surface area contributed by atoms with E-state index in [-0.39, 0.29) is 5.82 Å². The number of hydrogen-bond acceptors (Lipinski definition) is 2. The smallest absolute Gasteiger partial charge is 0.138 e. The van der Waals surface area contributed by atoms with Crippen LogP contribution in [0, 0.1) is 17.7 Å². The van der Waals surface area contributed by atoms with E-state index >= 15 is 0 Å². The molecule has 0 fully saturated rings. The van der Waals surface area contributed by atoms with Gasteiger partial charge in [-0.3, -0.25) is 4.98 Å². The van der Waals surface area contributed by atoms with Crippen LogP contribution < -0.4 is 5.73 Å². The molecule has 0 amide bonds. The number of pyridine rings is 1. The second-order valence-electron chi connectivity index (χ2n) is 4.64. The topological polar surface area (TPSA) is 38.9 Å². The minimum Gasteiger partial charge on any atom is -0.325 e. The van der Waals surface area contributed by atoms with E-state index in [1.165, 1.54) is 6.07 Å². The second kappa shape index (κ2) is 5.74. The molecule has 3 aromatic rings. The number of rotatable bonds is 1. The highest BCUT2D eigenvalue weighted by molar-refractivity contribution is 5.80. The van der Waals surface area contributed by atoms with E-state index in [9.17, 15) is 4.39 Å². The Morgan fingerprint density at radius 2 is 1.86 bits per heavy atom. The number of nitrogens with zero attached hydrogens (tertiary/aromatic N) is 1. The van der Waals surface area contributed by atoms with Gasteiger partial charge in [-0.25, -0.2) is 4.39 Å². The summed E-state index contributed by atoms with van der Waals surface area (Å²) in [5, 5.41) is 0.993. The summed E-state index contributed by atoms with van der Waals surface area (Å²) in [6, 6.07) is 16.1. The summed E-state index contributed by atoms with van der Waals surface area (Å²) in [5.41, 5.74) is 8.54. The zero-order valence-corrected chi connectivity index (χ0v) is 11.3. The van der Waals surface area contributed by atoms with Crippen molar-refractivity contribution in [1.29, 1.82) is 0 Å². The van der Waals surface area contributed by atoms with Gasteiger partial charge in [-0.15, -0.1) is 0 Å². The third-order valence-electron chi connectivity index (χ3n) is 3.17. The molecule has 0 atom stereocenters. The molecule has 3 heteroatoms. The lowest BCUT2D eigenvalue weighted by Gasteiger charge is -2.01. The normalized spacial score (nSPS) is 10.2. The summed E-state index contributed by atoms with van der Waals surface area (Å²) in [4.78, 5) is 4.43. The first-order valence-electron chi connectivity index (χ1n) is 6.62. The van der Waals surface area contributed by atoms with E-state index in [1.54, 1.807) is 18.2 Å². The lowest BCUT2D eigenvalue weighted by atomic mass is 10.1. The third kappa shape index (κ3) is 2.91. The molecule has 0 aliphatic carbocycles. The fourth-order valence-corrected chi connectivity index (χ4v) is 2.06. The van der Waals surface area contributed by atoms with Crippen molar-refractivity contribution in [1.82, 2.24) is 4.98 Å². The molecule has 102 valence electrons. The lowest BCUT2D eigenvalue weighted by molar-refractivity contribution is 0.624. The van der Waals surface area contributed by atoms with Crippen molar-refractivity contribution < 1.29 is 4.39 Å². The standard InChI is InChI=1S/C18H13FN2/c19-17-4-2-1-3-14(17)7-5-13-6-10-18-15(11-13)8-9-16(12-20)21-18/h1-4,6,8-11H,12,20H2. The average Bonchev–Trinajstić information content (AvgIpc) is 2.53. The summed E-state index contributed by atoms with van der Waals surface area (Å²) in [6.45, 7) is 0.421. The number of nitrogens with two attached hydrogens (primary N) is 1. The maximum atomic E-state index is 13.5. The highest BCUT2D eigenvalue weighted by Crippen LogP contribution is 2.14. The van der Waals surface area contributed by atoms with Crippen LogP contribution >= 0.6 is 0 Å². The number of aromatic nitrogens is 1. The molecule has 21 heavy (non-hydrogen) atoms. The molecule has 0 radical (unpaired) electrons. The maximum Gasteiger partial charge on any atom is 0.138 e. The molecule has 2 N–H and O–H groups in total. The van der Waals surface area contributed by atoms with Crippen LogP contribution in [0.15, 0.2) is 54.6 Å². The predicted octanol–water partition coefficient (Wildman–Crippen LogP) is 3.23. The van der Waals surface area contributed by atoms with Gasteiger partial charge in [-0.1, -0.05) is 30.0 Å². The Hall–Kier alpha value is -2.70. The van der Waals surface area contributed by atoms with Gasteiger partial charge in [0.1, 0.15) is 5.82 Å². The molecule has 0 aliphatic heterocycles. The molecule has 2 aromatic carbocycles. The maximum absolute atomic E-state index is 13.5. The van der Waals surface area contributed by atoms with Gasteiger partial charge in [0.2, 0.25) is 0 Å². The molecule has 2 nitrogen and oxygen atoms in total. The minimum atomic E-state index is -0.306. The lowest BCUT2D eigenvalue weighted by Crippen LogP contribution is -1.99. The van der Waals surface area contributed by atoms with Gasteiger partial charge in [0, 0.05) is 17.5 Å². The van der Waals surface area contributed by atoms with Gasteiger partial charge in [-0.05, 0) is 36.4 Å². The van der Waals surface area contributed by atoms with E-state index in [0.29, 0.717) is 12.1 Å². The highest BCUT2D eigenvalue weighted by Gasteiger charge is 1.99. The van der Waals surface area contributed by atoms with Gasteiger partial charge < -0.3 is 5.73 Å². The zero-order chi connectivity index (χ0) is 14.7. The molecule has 3 rings (SSSR count). The van der Waals surface area contributed by atoms with Gasteiger partial charge >= 0.3 is 0 Å². The van der Waals surface area contributed by atoms with Crippen molar-refractivity contribution in [2.45, 2.75) is 6.54 Å². The van der Waals surface area contributed by atoms with Crippen LogP contribution in [-0.2, 0) is 6.54 Å². The third-order valence-corrected chi connectivity index (χ3v) is 3.17. The summed E-state index contributed by atoms with van der Waals surface area (Å²) < 4.78 is 13.5. The number of fused-ring (bicyclic) bond motifs is 1. The van der Waals surface area contributed by atoms with Crippen molar-refractivity contribution in [3.8, 4) is 11.8 Å². The first-order chi connectivity index (χ1) is 10.3. The van der Waals surface area contributed by atoms with Crippen LogP contribution in [0.25, 0.3) is 10.9 Å². The van der Waals surface area contributed by atoms with Crippen LogP contribution in [0.3, 0.4) is 0 Å². The zero-order valence-electron chi connectivity index (χ0n) is 11.3. The molecule has 0 aliphatic rings. The predicted molar refractivity (Wildman–Crippen MR) is 82.0 cm³/mol. The highest BCUT2D eigenvalue weighted by atomic mass is 19.1. The molecule has 0 unspecified atom stereocenters. The Morgan fingerprint density at radius 1 is 1.00 bits per heavy atom. The van der Waals surface area contributed by atoms with Crippen LogP contribution in [0.5, 0.6) is 0 Å². The van der Waals surface area contributed by atoms with Gasteiger partial charge in [0.25, 0.3) is 0 Å². The Labute approximate surface area is 122 Å². The Balaban J connectivity index is 1.97. The van der Waals surface area contributed by atoms with E-state index in [1.807, 2.05) is 30.3 Å². The molecular formula is C18H13FN2. The van der Waals surface area contributed by atoms with Crippen molar-refractivity contribution in [3.05, 3.63) is 77.2 Å². The van der Waals surface area contributed by atoms with E-state index < -0.39 is 0 Å². The monoisotopic (exact) mass is 276 g/mol. The first-order valence-corrected chi connectivity index (χ1v) is 6.62. The Bertz CT molecular complexity index is 860. The van der Waals surface area contributed by atoms with Crippen molar-refractivity contribution >= 4 is 10.9 Å². The number of hydrogen-bond donors (Lipinski definition) is 1. The van der Waals surface area contributed by atoms with Gasteiger partial charge in [0.05, 0.1) is 16.8 Å². The fourth-order valence-electron chi connectivity index (χ4n) is 2.06. The van der Waals surface area contributed by atoms with Crippen LogP contribution in [0.2, 0.25) is 0 Å². The van der Waals surface area contributed by atoms with Crippen LogP contribution in [0.1, 0.15) is 16.8 Å². The number of halogens is 1. The molecule has 0 saturated heterocycles. The van der Waals surface area contributed by atoms with Gasteiger partial charge in [-0.2, -0.15) is 0 Å². The Kier molecular flexibility index (Phi) is 3.63. The largest absolute Gasteiger partial charge is 0.325 e. The fraction of sp³-hybridized carbons (Fsp3) is 0.0556. The van der Waals surface area contributed by atoms with Gasteiger partial charge in [0.15, 0.2) is 0 Å². The summed E-state index contributed by atoms with van der Waals surface area (Å²) in [6.07, 6.45) is 0. The van der Waals surface area contributed by atoms with E-state index in [2.05, 4.69) is 16.8 Å². The molecule has 0 spiro atoms. The molecule has 0 saturated carbocycles. The Morgan fingerprint density at radius 3 is 2.67 bits per heavy atom.